The largest absolute Gasteiger partial charge is 0.493 e. The van der Waals surface area contributed by atoms with Gasteiger partial charge in [-0.1, -0.05) is 35.3 Å². The second-order valence-electron chi connectivity index (χ2n) is 7.93. The Balaban J connectivity index is 1.31. The van der Waals surface area contributed by atoms with Gasteiger partial charge < -0.3 is 24.4 Å². The number of rotatable bonds is 8. The molecular weight excluding hydrogens is 507 g/mol. The van der Waals surface area contributed by atoms with Gasteiger partial charge in [-0.2, -0.15) is 0 Å². The maximum atomic E-state index is 12.6. The van der Waals surface area contributed by atoms with Crippen molar-refractivity contribution in [3.63, 3.8) is 0 Å². The number of carbonyl (C=O) groups is 3. The van der Waals surface area contributed by atoms with Gasteiger partial charge in [0.15, 0.2) is 18.1 Å². The van der Waals surface area contributed by atoms with Gasteiger partial charge in [0, 0.05) is 23.7 Å². The van der Waals surface area contributed by atoms with Gasteiger partial charge in [-0.15, -0.1) is 0 Å². The lowest BCUT2D eigenvalue weighted by Crippen LogP contribution is -2.28. The number of anilines is 2. The van der Waals surface area contributed by atoms with E-state index in [1.807, 2.05) is 12.1 Å². The van der Waals surface area contributed by atoms with Crippen LogP contribution in [0, 0.1) is 5.92 Å². The molecule has 3 aromatic carbocycles. The first-order chi connectivity index (χ1) is 17.3. The molecule has 0 bridgehead atoms. The minimum Gasteiger partial charge on any atom is -0.493 e. The molecule has 0 radical (unpaired) electrons. The Morgan fingerprint density at radius 3 is 2.44 bits per heavy atom. The number of hydrogen-bond acceptors (Lipinski definition) is 6. The maximum Gasteiger partial charge on any atom is 0.311 e. The summed E-state index contributed by atoms with van der Waals surface area (Å²) in [7, 11) is 1.56. The number of hydrogen-bond donors (Lipinski definition) is 1. The molecule has 10 heteroatoms. The molecule has 1 aliphatic heterocycles. The van der Waals surface area contributed by atoms with Crippen LogP contribution >= 0.6 is 23.2 Å². The first-order valence-corrected chi connectivity index (χ1v) is 11.7. The van der Waals surface area contributed by atoms with Crippen molar-refractivity contribution < 1.29 is 28.6 Å². The molecule has 0 unspecified atom stereocenters. The van der Waals surface area contributed by atoms with Crippen LogP contribution in [-0.4, -0.2) is 38.0 Å². The SMILES string of the molecule is COc1ccccc1Oc1ccc(N2C[C@@H](C(=O)OCC(=O)Nc3ccc(Cl)cc3Cl)CC2=O)cc1. The molecule has 0 saturated carbocycles. The van der Waals surface area contributed by atoms with Crippen LogP contribution < -0.4 is 19.7 Å². The van der Waals surface area contributed by atoms with E-state index in [1.54, 1.807) is 55.6 Å². The van der Waals surface area contributed by atoms with Gasteiger partial charge in [-0.3, -0.25) is 14.4 Å². The van der Waals surface area contributed by atoms with Crippen LogP contribution in [0.2, 0.25) is 10.0 Å². The number of methoxy groups -OCH3 is 1. The lowest BCUT2D eigenvalue weighted by atomic mass is 10.1. The lowest BCUT2D eigenvalue weighted by Gasteiger charge is -2.17. The third-order valence-corrected chi connectivity index (χ3v) is 6.00. The number of nitrogens with one attached hydrogen (secondary N) is 1. The molecule has 1 N–H and O–H groups in total. The van der Waals surface area contributed by atoms with Crippen LogP contribution in [0.4, 0.5) is 11.4 Å². The Morgan fingerprint density at radius 2 is 1.75 bits per heavy atom. The highest BCUT2D eigenvalue weighted by molar-refractivity contribution is 6.36. The summed E-state index contributed by atoms with van der Waals surface area (Å²) in [6, 6.07) is 18.8. The molecule has 1 saturated heterocycles. The van der Waals surface area contributed by atoms with Crippen molar-refractivity contribution in [2.45, 2.75) is 6.42 Å². The highest BCUT2D eigenvalue weighted by Gasteiger charge is 2.36. The summed E-state index contributed by atoms with van der Waals surface area (Å²) in [5.41, 5.74) is 0.972. The van der Waals surface area contributed by atoms with Crippen LogP contribution in [0.3, 0.4) is 0 Å². The number of esters is 1. The average molecular weight is 529 g/mol. The number of amides is 2. The molecule has 0 spiro atoms. The van der Waals surface area contributed by atoms with Crippen molar-refractivity contribution in [3.05, 3.63) is 76.8 Å². The normalized spacial score (nSPS) is 14.9. The van der Waals surface area contributed by atoms with Gasteiger partial charge in [0.25, 0.3) is 5.91 Å². The minimum atomic E-state index is -0.686. The monoisotopic (exact) mass is 528 g/mol. The highest BCUT2D eigenvalue weighted by Crippen LogP contribution is 2.33. The molecule has 0 aliphatic carbocycles. The number of para-hydroxylation sites is 2. The summed E-state index contributed by atoms with van der Waals surface area (Å²) < 4.78 is 16.3. The topological polar surface area (TPSA) is 94.2 Å². The number of nitrogens with zero attached hydrogens (tertiary/aromatic N) is 1. The minimum absolute atomic E-state index is 0.0110. The Bertz CT molecular complexity index is 1280. The fourth-order valence-corrected chi connectivity index (χ4v) is 4.13. The average Bonchev–Trinajstić information content (AvgIpc) is 3.26. The molecule has 1 heterocycles. The van der Waals surface area contributed by atoms with Gasteiger partial charge >= 0.3 is 5.97 Å². The molecule has 1 fully saturated rings. The molecular formula is C26H22Cl2N2O6. The number of benzene rings is 3. The second kappa shape index (κ2) is 11.3. The van der Waals surface area contributed by atoms with E-state index >= 15 is 0 Å². The van der Waals surface area contributed by atoms with Crippen molar-refractivity contribution >= 4 is 52.4 Å². The number of halogens is 2. The summed E-state index contributed by atoms with van der Waals surface area (Å²) >= 11 is 11.9. The molecule has 0 aromatic heterocycles. The second-order valence-corrected chi connectivity index (χ2v) is 8.78. The van der Waals surface area contributed by atoms with Crippen molar-refractivity contribution in [2.24, 2.45) is 5.92 Å². The summed E-state index contributed by atoms with van der Waals surface area (Å²) in [5, 5.41) is 3.24. The van der Waals surface area contributed by atoms with Crippen molar-refractivity contribution in [1.82, 2.24) is 0 Å². The van der Waals surface area contributed by atoms with Crippen LogP contribution in [0.25, 0.3) is 0 Å². The van der Waals surface area contributed by atoms with E-state index in [4.69, 9.17) is 37.4 Å². The van der Waals surface area contributed by atoms with Crippen LogP contribution in [0.1, 0.15) is 6.42 Å². The molecule has 1 atom stereocenters. The summed E-state index contributed by atoms with van der Waals surface area (Å²) in [6.07, 6.45) is -0.0110. The van der Waals surface area contributed by atoms with E-state index in [1.165, 1.54) is 11.0 Å². The Hall–Kier alpha value is -3.75. The fraction of sp³-hybridized carbons (Fsp3) is 0.192. The van der Waals surface area contributed by atoms with Crippen LogP contribution in [0.15, 0.2) is 66.7 Å². The van der Waals surface area contributed by atoms with Gasteiger partial charge in [0.1, 0.15) is 5.75 Å². The van der Waals surface area contributed by atoms with E-state index in [0.717, 1.165) is 0 Å². The number of carbonyl (C=O) groups excluding carboxylic acids is 3. The van der Waals surface area contributed by atoms with E-state index in [2.05, 4.69) is 5.32 Å². The molecule has 3 aromatic rings. The third kappa shape index (κ3) is 6.08. The summed E-state index contributed by atoms with van der Waals surface area (Å²) in [6.45, 7) is -0.355. The van der Waals surface area contributed by atoms with Gasteiger partial charge in [0.05, 0.1) is 23.7 Å². The van der Waals surface area contributed by atoms with Crippen molar-refractivity contribution in [2.75, 3.05) is 30.5 Å². The van der Waals surface area contributed by atoms with Gasteiger partial charge in [-0.05, 0) is 54.6 Å². The quantitative estimate of drug-likeness (QED) is 0.397. The highest BCUT2D eigenvalue weighted by atomic mass is 35.5. The molecule has 4 rings (SSSR count). The molecule has 2 amide bonds. The fourth-order valence-electron chi connectivity index (χ4n) is 3.67. The van der Waals surface area contributed by atoms with Crippen LogP contribution in [0.5, 0.6) is 17.2 Å². The zero-order valence-electron chi connectivity index (χ0n) is 19.2. The van der Waals surface area contributed by atoms with E-state index in [9.17, 15) is 14.4 Å². The smallest absolute Gasteiger partial charge is 0.311 e. The van der Waals surface area contributed by atoms with Gasteiger partial charge in [-0.25, -0.2) is 0 Å². The molecule has 36 heavy (non-hydrogen) atoms. The van der Waals surface area contributed by atoms with Gasteiger partial charge in [0.2, 0.25) is 5.91 Å². The van der Waals surface area contributed by atoms with E-state index in [-0.39, 0.29) is 23.9 Å². The van der Waals surface area contributed by atoms with Crippen LogP contribution in [-0.2, 0) is 19.1 Å². The Labute approximate surface area is 217 Å². The molecule has 1 aliphatic rings. The van der Waals surface area contributed by atoms with Crippen molar-refractivity contribution in [3.8, 4) is 17.2 Å². The van der Waals surface area contributed by atoms with E-state index < -0.39 is 24.4 Å². The number of ether oxygens (including phenoxy) is 3. The predicted octanol–water partition coefficient (Wildman–Crippen LogP) is 5.33. The third-order valence-electron chi connectivity index (χ3n) is 5.45. The lowest BCUT2D eigenvalue weighted by molar-refractivity contribution is -0.151. The first kappa shape index (κ1) is 25.3. The summed E-state index contributed by atoms with van der Waals surface area (Å²) in [4.78, 5) is 38.7. The zero-order chi connectivity index (χ0) is 25.7. The van der Waals surface area contributed by atoms with E-state index in [0.29, 0.717) is 33.6 Å². The molecule has 8 nitrogen and oxygen atoms in total. The Kier molecular flexibility index (Phi) is 7.97. The van der Waals surface area contributed by atoms with Crippen molar-refractivity contribution in [1.29, 1.82) is 0 Å². The first-order valence-electron chi connectivity index (χ1n) is 11.0. The molecule has 186 valence electrons. The zero-order valence-corrected chi connectivity index (χ0v) is 20.7. The summed E-state index contributed by atoms with van der Waals surface area (Å²) in [5.74, 6) is -0.351. The standard InChI is InChI=1S/C26H22Cl2N2O6/c1-34-22-4-2-3-5-23(22)36-19-9-7-18(8-10-19)30-14-16(12-25(30)32)26(33)35-15-24(31)29-21-11-6-17(27)13-20(21)28/h2-11,13,16H,12,14-15H2,1H3,(H,29,31)/t16-/m0/s1. The Morgan fingerprint density at radius 1 is 1.03 bits per heavy atom. The maximum absolute atomic E-state index is 12.6. The predicted molar refractivity (Wildman–Crippen MR) is 136 cm³/mol.